The van der Waals surface area contributed by atoms with E-state index in [4.69, 9.17) is 11.6 Å². The van der Waals surface area contributed by atoms with Gasteiger partial charge in [-0.05, 0) is 31.8 Å². The van der Waals surface area contributed by atoms with Crippen LogP contribution in [0.25, 0.3) is 0 Å². The number of halogens is 1. The second-order valence-electron chi connectivity index (χ2n) is 5.97. The van der Waals surface area contributed by atoms with Crippen LogP contribution in [0.5, 0.6) is 0 Å². The SMILES string of the molecule is CCCC1C(=O)NC2(CCCC2)C(=O)N1CC(C)=CCl. The van der Waals surface area contributed by atoms with Crippen LogP contribution in [0.15, 0.2) is 11.1 Å². The zero-order valence-electron chi connectivity index (χ0n) is 12.2. The van der Waals surface area contributed by atoms with Crippen molar-refractivity contribution >= 4 is 23.4 Å². The maximum atomic E-state index is 12.9. The minimum atomic E-state index is -0.645. The van der Waals surface area contributed by atoms with Crippen molar-refractivity contribution in [1.82, 2.24) is 10.2 Å². The highest BCUT2D eigenvalue weighted by Gasteiger charge is 2.51. The average Bonchev–Trinajstić information content (AvgIpc) is 2.89. The molecule has 1 spiro atoms. The molecule has 1 aliphatic carbocycles. The minimum Gasteiger partial charge on any atom is -0.340 e. The molecule has 1 saturated carbocycles. The predicted octanol–water partition coefficient (Wildman–Crippen LogP) is 2.57. The van der Waals surface area contributed by atoms with Gasteiger partial charge in [-0.25, -0.2) is 0 Å². The smallest absolute Gasteiger partial charge is 0.249 e. The maximum Gasteiger partial charge on any atom is 0.249 e. The van der Waals surface area contributed by atoms with Crippen molar-refractivity contribution in [2.24, 2.45) is 0 Å². The molecule has 0 aromatic carbocycles. The zero-order chi connectivity index (χ0) is 14.8. The summed E-state index contributed by atoms with van der Waals surface area (Å²) in [5.41, 5.74) is 1.75. The molecule has 1 saturated heterocycles. The van der Waals surface area contributed by atoms with Crippen molar-refractivity contribution in [3.63, 3.8) is 0 Å². The molecule has 1 atom stereocenters. The van der Waals surface area contributed by atoms with E-state index in [1.165, 1.54) is 5.54 Å². The van der Waals surface area contributed by atoms with Gasteiger partial charge in [0.15, 0.2) is 0 Å². The van der Waals surface area contributed by atoms with Gasteiger partial charge in [0, 0.05) is 12.1 Å². The van der Waals surface area contributed by atoms with E-state index in [0.717, 1.165) is 37.7 Å². The Labute approximate surface area is 125 Å². The van der Waals surface area contributed by atoms with E-state index in [0.29, 0.717) is 13.0 Å². The van der Waals surface area contributed by atoms with Gasteiger partial charge >= 0.3 is 0 Å². The van der Waals surface area contributed by atoms with Gasteiger partial charge in [-0.15, -0.1) is 0 Å². The van der Waals surface area contributed by atoms with Gasteiger partial charge in [-0.1, -0.05) is 37.8 Å². The van der Waals surface area contributed by atoms with Crippen LogP contribution < -0.4 is 5.32 Å². The van der Waals surface area contributed by atoms with Gasteiger partial charge in [-0.3, -0.25) is 9.59 Å². The van der Waals surface area contributed by atoms with E-state index < -0.39 is 5.54 Å². The predicted molar refractivity (Wildman–Crippen MR) is 79.4 cm³/mol. The van der Waals surface area contributed by atoms with Crippen LogP contribution in [0.3, 0.4) is 0 Å². The van der Waals surface area contributed by atoms with Crippen LogP contribution in [-0.4, -0.2) is 34.8 Å². The Morgan fingerprint density at radius 2 is 2.10 bits per heavy atom. The minimum absolute atomic E-state index is 0.00396. The monoisotopic (exact) mass is 298 g/mol. The number of hydrogen-bond acceptors (Lipinski definition) is 2. The lowest BCUT2D eigenvalue weighted by Crippen LogP contribution is -2.69. The third-order valence-electron chi connectivity index (χ3n) is 4.34. The molecule has 0 aromatic heterocycles. The molecule has 20 heavy (non-hydrogen) atoms. The molecule has 1 N–H and O–H groups in total. The Kier molecular flexibility index (Phi) is 4.74. The van der Waals surface area contributed by atoms with E-state index >= 15 is 0 Å². The lowest BCUT2D eigenvalue weighted by Gasteiger charge is -2.44. The van der Waals surface area contributed by atoms with E-state index in [2.05, 4.69) is 5.32 Å². The fourth-order valence-corrected chi connectivity index (χ4v) is 3.36. The number of piperazine rings is 1. The molecule has 2 amide bonds. The summed E-state index contributed by atoms with van der Waals surface area (Å²) in [5, 5.41) is 3.02. The lowest BCUT2D eigenvalue weighted by atomic mass is 9.89. The van der Waals surface area contributed by atoms with Crippen molar-refractivity contribution in [2.45, 2.75) is 64.0 Å². The molecule has 4 nitrogen and oxygen atoms in total. The first-order chi connectivity index (χ1) is 9.54. The lowest BCUT2D eigenvalue weighted by molar-refractivity contribution is -0.154. The number of amides is 2. The molecule has 0 bridgehead atoms. The van der Waals surface area contributed by atoms with E-state index in [1.807, 2.05) is 13.8 Å². The van der Waals surface area contributed by atoms with Gasteiger partial charge in [0.1, 0.15) is 11.6 Å². The molecule has 1 heterocycles. The fraction of sp³-hybridized carbons (Fsp3) is 0.733. The Morgan fingerprint density at radius 1 is 1.45 bits per heavy atom. The first kappa shape index (κ1) is 15.4. The van der Waals surface area contributed by atoms with Crippen LogP contribution in [0.4, 0.5) is 0 Å². The number of carbonyl (C=O) groups is 2. The molecule has 112 valence electrons. The van der Waals surface area contributed by atoms with Crippen molar-refractivity contribution in [2.75, 3.05) is 6.54 Å². The van der Waals surface area contributed by atoms with Crippen LogP contribution >= 0.6 is 11.6 Å². The molecule has 5 heteroatoms. The molecule has 2 fully saturated rings. The number of rotatable bonds is 4. The highest BCUT2D eigenvalue weighted by Crippen LogP contribution is 2.35. The van der Waals surface area contributed by atoms with E-state index in [-0.39, 0.29) is 17.9 Å². The quantitative estimate of drug-likeness (QED) is 0.867. The molecule has 2 aliphatic rings. The Bertz CT molecular complexity index is 428. The molecular formula is C15H23ClN2O2. The molecule has 1 aliphatic heterocycles. The second kappa shape index (κ2) is 6.17. The van der Waals surface area contributed by atoms with Crippen LogP contribution in [0.1, 0.15) is 52.4 Å². The van der Waals surface area contributed by atoms with Crippen molar-refractivity contribution in [3.05, 3.63) is 11.1 Å². The number of carbonyl (C=O) groups excluding carboxylic acids is 2. The first-order valence-corrected chi connectivity index (χ1v) is 7.86. The van der Waals surface area contributed by atoms with Gasteiger partial charge < -0.3 is 10.2 Å². The topological polar surface area (TPSA) is 49.4 Å². The molecular weight excluding hydrogens is 276 g/mol. The standard InChI is InChI=1S/C15H23ClN2O2/c1-3-6-12-13(19)17-15(7-4-5-8-15)14(20)18(12)10-11(2)9-16/h9,12H,3-8,10H2,1-2H3,(H,17,19). The third-order valence-corrected chi connectivity index (χ3v) is 4.71. The summed E-state index contributed by atoms with van der Waals surface area (Å²) < 4.78 is 0. The highest BCUT2D eigenvalue weighted by atomic mass is 35.5. The summed E-state index contributed by atoms with van der Waals surface area (Å²) in [6, 6.07) is -0.356. The van der Waals surface area contributed by atoms with Gasteiger partial charge in [-0.2, -0.15) is 0 Å². The Balaban J connectivity index is 2.28. The highest BCUT2D eigenvalue weighted by molar-refractivity contribution is 6.25. The number of nitrogens with one attached hydrogen (secondary N) is 1. The fourth-order valence-electron chi connectivity index (χ4n) is 3.29. The molecule has 0 aromatic rings. The molecule has 0 radical (unpaired) electrons. The second-order valence-corrected chi connectivity index (χ2v) is 6.19. The summed E-state index contributed by atoms with van der Waals surface area (Å²) in [6.45, 7) is 4.36. The molecule has 1 unspecified atom stereocenters. The van der Waals surface area contributed by atoms with Crippen LogP contribution in [-0.2, 0) is 9.59 Å². The largest absolute Gasteiger partial charge is 0.340 e. The van der Waals surface area contributed by atoms with Gasteiger partial charge in [0.2, 0.25) is 11.8 Å². The summed E-state index contributed by atoms with van der Waals surface area (Å²) in [4.78, 5) is 27.0. The van der Waals surface area contributed by atoms with Gasteiger partial charge in [0.05, 0.1) is 0 Å². The van der Waals surface area contributed by atoms with Crippen LogP contribution in [0, 0.1) is 0 Å². The average molecular weight is 299 g/mol. The van der Waals surface area contributed by atoms with Crippen molar-refractivity contribution in [1.29, 1.82) is 0 Å². The van der Waals surface area contributed by atoms with E-state index in [1.54, 1.807) is 4.90 Å². The third kappa shape index (κ3) is 2.71. The van der Waals surface area contributed by atoms with Crippen LogP contribution in [0.2, 0.25) is 0 Å². The Morgan fingerprint density at radius 3 is 2.65 bits per heavy atom. The summed E-state index contributed by atoms with van der Waals surface area (Å²) in [6.07, 6.45) is 5.10. The summed E-state index contributed by atoms with van der Waals surface area (Å²) >= 11 is 5.73. The summed E-state index contributed by atoms with van der Waals surface area (Å²) in [5.74, 6) is 0.0710. The normalized spacial score (nSPS) is 26.2. The van der Waals surface area contributed by atoms with Crippen molar-refractivity contribution in [3.8, 4) is 0 Å². The number of hydrogen-bond donors (Lipinski definition) is 1. The zero-order valence-corrected chi connectivity index (χ0v) is 13.0. The van der Waals surface area contributed by atoms with E-state index in [9.17, 15) is 9.59 Å². The Hall–Kier alpha value is -1.03. The van der Waals surface area contributed by atoms with Crippen molar-refractivity contribution < 1.29 is 9.59 Å². The summed E-state index contributed by atoms with van der Waals surface area (Å²) in [7, 11) is 0. The first-order valence-electron chi connectivity index (χ1n) is 7.43. The molecule has 2 rings (SSSR count). The number of nitrogens with zero attached hydrogens (tertiary/aromatic N) is 1. The maximum absolute atomic E-state index is 12.9. The van der Waals surface area contributed by atoms with Gasteiger partial charge in [0.25, 0.3) is 0 Å².